The summed E-state index contributed by atoms with van der Waals surface area (Å²) in [6.07, 6.45) is 11.3. The van der Waals surface area contributed by atoms with Crippen LogP contribution >= 0.6 is 11.6 Å². The van der Waals surface area contributed by atoms with E-state index in [1.807, 2.05) is 49.4 Å². The minimum atomic E-state index is 0.177. The molecule has 1 aliphatic carbocycles. The van der Waals surface area contributed by atoms with Gasteiger partial charge in [0.1, 0.15) is 6.07 Å². The Kier molecular flexibility index (Phi) is 8.10. The van der Waals surface area contributed by atoms with Crippen LogP contribution in [0.25, 0.3) is 0 Å². The summed E-state index contributed by atoms with van der Waals surface area (Å²) < 4.78 is 0. The number of carbonyl (C=O) groups is 1. The summed E-state index contributed by atoms with van der Waals surface area (Å²) in [6.45, 7) is 3.78. The predicted molar refractivity (Wildman–Crippen MR) is 134 cm³/mol. The summed E-state index contributed by atoms with van der Waals surface area (Å²) in [5, 5.41) is 9.70. The zero-order valence-corrected chi connectivity index (χ0v) is 20.5. The molecule has 2 aliphatic rings. The van der Waals surface area contributed by atoms with Crippen molar-refractivity contribution in [1.82, 2.24) is 4.90 Å². The summed E-state index contributed by atoms with van der Waals surface area (Å²) in [6, 6.07) is 16.0. The number of amides is 1. The number of aryl methyl sites for hydroxylation is 2. The number of rotatable bonds is 7. The number of nitrogens with zero attached hydrogens (tertiary/aromatic N) is 2. The predicted octanol–water partition coefficient (Wildman–Crippen LogP) is 7.20. The third kappa shape index (κ3) is 6.18. The van der Waals surface area contributed by atoms with Crippen LogP contribution in [-0.2, 0) is 6.42 Å². The molecule has 2 aromatic rings. The van der Waals surface area contributed by atoms with Crippen LogP contribution in [0.5, 0.6) is 0 Å². The highest BCUT2D eigenvalue weighted by Gasteiger charge is 2.33. The van der Waals surface area contributed by atoms with E-state index in [4.69, 9.17) is 16.9 Å². The third-order valence-electron chi connectivity index (χ3n) is 7.76. The first-order chi connectivity index (χ1) is 16.0. The van der Waals surface area contributed by atoms with Crippen LogP contribution in [0.3, 0.4) is 0 Å². The monoisotopic (exact) mass is 462 g/mol. The zero-order chi connectivity index (χ0) is 23.2. The molecular weight excluding hydrogens is 428 g/mol. The van der Waals surface area contributed by atoms with E-state index in [0.29, 0.717) is 22.4 Å². The van der Waals surface area contributed by atoms with Crippen LogP contribution in [0, 0.1) is 36.0 Å². The second kappa shape index (κ2) is 11.2. The van der Waals surface area contributed by atoms with Crippen molar-refractivity contribution in [2.75, 3.05) is 13.1 Å². The standard InChI is InChI=1S/C29H35ClN2O/c1-21-6-5-9-25(16-21)29(33)32-15-14-27(20-32)24(17-22-7-3-2-4-8-22)12-10-23-11-13-26(19-31)28(30)18-23/h5-6,9,11,13,16,18,22,24,27H,2-4,7-8,10,12,14-15,17,20H2,1H3. The van der Waals surface area contributed by atoms with Gasteiger partial charge in [-0.05, 0) is 80.2 Å². The van der Waals surface area contributed by atoms with E-state index in [9.17, 15) is 4.79 Å². The van der Waals surface area contributed by atoms with E-state index in [0.717, 1.165) is 49.4 Å². The molecule has 4 heteroatoms. The number of hydrogen-bond donors (Lipinski definition) is 0. The maximum absolute atomic E-state index is 13.1. The fourth-order valence-electron chi connectivity index (χ4n) is 5.87. The Bertz CT molecular complexity index is 1000. The Morgan fingerprint density at radius 1 is 1.15 bits per heavy atom. The van der Waals surface area contributed by atoms with Crippen molar-refractivity contribution in [3.05, 3.63) is 69.7 Å². The number of hydrogen-bond acceptors (Lipinski definition) is 2. The number of likely N-dealkylation sites (tertiary alicyclic amines) is 1. The molecule has 0 spiro atoms. The fourth-order valence-corrected chi connectivity index (χ4v) is 6.12. The van der Waals surface area contributed by atoms with Crippen LogP contribution in [0.4, 0.5) is 0 Å². The second-order valence-corrected chi connectivity index (χ2v) is 10.5. The van der Waals surface area contributed by atoms with Crippen molar-refractivity contribution in [2.24, 2.45) is 17.8 Å². The van der Waals surface area contributed by atoms with Crippen molar-refractivity contribution in [1.29, 1.82) is 5.26 Å². The molecule has 0 bridgehead atoms. The molecule has 174 valence electrons. The van der Waals surface area contributed by atoms with Gasteiger partial charge in [-0.15, -0.1) is 0 Å². The van der Waals surface area contributed by atoms with Gasteiger partial charge in [0.15, 0.2) is 0 Å². The van der Waals surface area contributed by atoms with Crippen molar-refractivity contribution in [3.63, 3.8) is 0 Å². The topological polar surface area (TPSA) is 44.1 Å². The summed E-state index contributed by atoms with van der Waals surface area (Å²) in [4.78, 5) is 15.2. The first kappa shape index (κ1) is 23.8. The van der Waals surface area contributed by atoms with Gasteiger partial charge in [-0.25, -0.2) is 0 Å². The molecule has 2 aromatic carbocycles. The molecule has 0 radical (unpaired) electrons. The van der Waals surface area contributed by atoms with E-state index in [1.165, 1.54) is 44.1 Å². The van der Waals surface area contributed by atoms with Gasteiger partial charge in [0.05, 0.1) is 10.6 Å². The average Bonchev–Trinajstić information content (AvgIpc) is 3.32. The Morgan fingerprint density at radius 3 is 2.70 bits per heavy atom. The van der Waals surface area contributed by atoms with Gasteiger partial charge in [-0.2, -0.15) is 5.26 Å². The lowest BCUT2D eigenvalue weighted by atomic mass is 9.76. The summed E-state index contributed by atoms with van der Waals surface area (Å²) in [5.41, 5.74) is 3.69. The molecule has 2 atom stereocenters. The lowest BCUT2D eigenvalue weighted by Gasteiger charge is -2.30. The highest BCUT2D eigenvalue weighted by atomic mass is 35.5. The Morgan fingerprint density at radius 2 is 1.97 bits per heavy atom. The molecule has 1 amide bonds. The summed E-state index contributed by atoms with van der Waals surface area (Å²) in [7, 11) is 0. The van der Waals surface area contributed by atoms with Gasteiger partial charge in [0.2, 0.25) is 0 Å². The number of nitriles is 1. The van der Waals surface area contributed by atoms with Crippen LogP contribution in [-0.4, -0.2) is 23.9 Å². The van der Waals surface area contributed by atoms with Gasteiger partial charge in [0.25, 0.3) is 5.91 Å². The normalized spacial score (nSPS) is 19.9. The van der Waals surface area contributed by atoms with Crippen molar-refractivity contribution in [3.8, 4) is 6.07 Å². The maximum atomic E-state index is 13.1. The van der Waals surface area contributed by atoms with Crippen molar-refractivity contribution >= 4 is 17.5 Å². The van der Waals surface area contributed by atoms with Crippen LogP contribution in [0.15, 0.2) is 42.5 Å². The summed E-state index contributed by atoms with van der Waals surface area (Å²) >= 11 is 6.28. The average molecular weight is 463 g/mol. The van der Waals surface area contributed by atoms with Gasteiger partial charge in [-0.3, -0.25) is 4.79 Å². The van der Waals surface area contributed by atoms with Crippen molar-refractivity contribution < 1.29 is 4.79 Å². The highest BCUT2D eigenvalue weighted by molar-refractivity contribution is 6.31. The molecule has 1 aliphatic heterocycles. The molecule has 1 heterocycles. The Labute approximate surface area is 203 Å². The molecule has 2 unspecified atom stereocenters. The molecule has 0 N–H and O–H groups in total. The van der Waals surface area contributed by atoms with E-state index in [-0.39, 0.29) is 5.91 Å². The maximum Gasteiger partial charge on any atom is 0.253 e. The molecule has 1 saturated carbocycles. The first-order valence-corrected chi connectivity index (χ1v) is 13.0. The fraction of sp³-hybridized carbons (Fsp3) is 0.517. The lowest BCUT2D eigenvalue weighted by Crippen LogP contribution is -2.30. The van der Waals surface area contributed by atoms with Crippen LogP contribution in [0.1, 0.15) is 78.4 Å². The molecule has 4 rings (SSSR count). The minimum absolute atomic E-state index is 0.177. The summed E-state index contributed by atoms with van der Waals surface area (Å²) in [5.74, 6) is 2.19. The second-order valence-electron chi connectivity index (χ2n) is 10.1. The Balaban J connectivity index is 1.43. The largest absolute Gasteiger partial charge is 0.338 e. The molecule has 0 aromatic heterocycles. The SMILES string of the molecule is Cc1cccc(C(=O)N2CCC(C(CCc3ccc(C#N)c(Cl)c3)CC3CCCCC3)C2)c1. The van der Waals surface area contributed by atoms with Gasteiger partial charge < -0.3 is 4.90 Å². The van der Waals surface area contributed by atoms with E-state index in [1.54, 1.807) is 0 Å². The Hall–Kier alpha value is -2.31. The van der Waals surface area contributed by atoms with Gasteiger partial charge in [0, 0.05) is 18.7 Å². The smallest absolute Gasteiger partial charge is 0.253 e. The number of benzene rings is 2. The quantitative estimate of drug-likeness (QED) is 0.436. The van der Waals surface area contributed by atoms with Crippen LogP contribution < -0.4 is 0 Å². The van der Waals surface area contributed by atoms with Gasteiger partial charge in [-0.1, -0.05) is 67.5 Å². The van der Waals surface area contributed by atoms with Gasteiger partial charge >= 0.3 is 0 Å². The molecule has 2 fully saturated rings. The van der Waals surface area contributed by atoms with Crippen molar-refractivity contribution in [2.45, 2.75) is 64.7 Å². The number of carbonyl (C=O) groups excluding carboxylic acids is 1. The zero-order valence-electron chi connectivity index (χ0n) is 19.7. The van der Waals surface area contributed by atoms with E-state index in [2.05, 4.69) is 11.0 Å². The van der Waals surface area contributed by atoms with Crippen LogP contribution in [0.2, 0.25) is 5.02 Å². The van der Waals surface area contributed by atoms with E-state index < -0.39 is 0 Å². The highest BCUT2D eigenvalue weighted by Crippen LogP contribution is 2.37. The minimum Gasteiger partial charge on any atom is -0.338 e. The molecule has 33 heavy (non-hydrogen) atoms. The third-order valence-corrected chi connectivity index (χ3v) is 8.07. The molecule has 1 saturated heterocycles. The number of halogens is 1. The lowest BCUT2D eigenvalue weighted by molar-refractivity contribution is 0.0779. The first-order valence-electron chi connectivity index (χ1n) is 12.6. The van der Waals surface area contributed by atoms with E-state index >= 15 is 0 Å². The molecule has 3 nitrogen and oxygen atoms in total. The molecular formula is C29H35ClN2O.